The van der Waals surface area contributed by atoms with Crippen LogP contribution in [0.2, 0.25) is 0 Å². The highest BCUT2D eigenvalue weighted by atomic mass is 19.4. The van der Waals surface area contributed by atoms with Crippen molar-refractivity contribution in [2.75, 3.05) is 17.7 Å². The first-order chi connectivity index (χ1) is 17.8. The van der Waals surface area contributed by atoms with E-state index in [1.165, 1.54) is 49.5 Å². The largest absolute Gasteiger partial charge is 0.478 e. The van der Waals surface area contributed by atoms with Crippen LogP contribution >= 0.6 is 0 Å². The Morgan fingerprint density at radius 2 is 1.10 bits per heavy atom. The van der Waals surface area contributed by atoms with Crippen LogP contribution in [0.5, 0.6) is 0 Å². The molecule has 212 valence electrons. The number of esters is 1. The summed E-state index contributed by atoms with van der Waals surface area (Å²) in [4.78, 5) is 55.9. The third-order valence-electron chi connectivity index (χ3n) is 4.46. The van der Waals surface area contributed by atoms with Crippen molar-refractivity contribution >= 4 is 41.0 Å². The van der Waals surface area contributed by atoms with Crippen LogP contribution < -0.4 is 16.0 Å². The van der Waals surface area contributed by atoms with Gasteiger partial charge in [-0.2, -0.15) is 26.3 Å². The summed E-state index contributed by atoms with van der Waals surface area (Å²) < 4.78 is 77.2. The molecule has 4 N–H and O–H groups in total. The summed E-state index contributed by atoms with van der Waals surface area (Å²) in [6, 6.07) is 9.95. The Bertz CT molecular complexity index is 1240. The fraction of sp³-hybridized carbons (Fsp3) is 0.261. The molecule has 0 aromatic heterocycles. The predicted molar refractivity (Wildman–Crippen MR) is 123 cm³/mol. The number of methoxy groups -OCH3 is 1. The van der Waals surface area contributed by atoms with Gasteiger partial charge < -0.3 is 25.8 Å². The van der Waals surface area contributed by atoms with Gasteiger partial charge in [0.05, 0.1) is 29.6 Å². The van der Waals surface area contributed by atoms with Crippen LogP contribution in [0.1, 0.15) is 34.6 Å². The first-order valence-corrected chi connectivity index (χ1v) is 10.4. The number of alkyl halides is 6. The predicted octanol–water partition coefficient (Wildman–Crippen LogP) is 3.75. The van der Waals surface area contributed by atoms with E-state index in [4.69, 9.17) is 5.11 Å². The molecule has 2 aromatic carbocycles. The van der Waals surface area contributed by atoms with Crippen LogP contribution in [0.3, 0.4) is 0 Å². The molecule has 2 rings (SSSR count). The molecule has 2 aromatic rings. The van der Waals surface area contributed by atoms with Gasteiger partial charge in [-0.05, 0) is 38.1 Å². The lowest BCUT2D eigenvalue weighted by Crippen LogP contribution is -2.50. The monoisotopic (exact) mass is 565 g/mol. The molecule has 0 radical (unpaired) electrons. The molecule has 0 heterocycles. The van der Waals surface area contributed by atoms with Gasteiger partial charge in [0.25, 0.3) is 5.91 Å². The second-order valence-electron chi connectivity index (χ2n) is 7.87. The van der Waals surface area contributed by atoms with Crippen molar-refractivity contribution in [2.24, 2.45) is 0 Å². The lowest BCUT2D eigenvalue weighted by Gasteiger charge is -2.23. The molecule has 0 atom stereocenters. The summed E-state index contributed by atoms with van der Waals surface area (Å²) in [5.74, 6) is -7.40. The van der Waals surface area contributed by atoms with Crippen molar-refractivity contribution in [2.45, 2.75) is 31.7 Å². The lowest BCUT2D eigenvalue weighted by molar-refractivity contribution is -0.167. The summed E-state index contributed by atoms with van der Waals surface area (Å²) in [5, 5.41) is 14.1. The standard InChI is InChI=1S/C14H15F3N2O4.C9H6F3NO3/c1-13(2,12(22)23-3)19-10(20)8-6-4-5-7-9(8)18-11(21)14(15,16)17;10-9(11,12)8(16)13-6-4-2-1-3-5(6)7(14)15/h4-7H,1-3H3,(H,18,21)(H,19,20);1-4H,(H,13,16)(H,14,15). The highest BCUT2D eigenvalue weighted by molar-refractivity contribution is 6.06. The fourth-order valence-corrected chi connectivity index (χ4v) is 2.61. The maximum Gasteiger partial charge on any atom is 0.471 e. The van der Waals surface area contributed by atoms with E-state index in [1.807, 2.05) is 0 Å². The minimum atomic E-state index is -5.09. The molecule has 39 heavy (non-hydrogen) atoms. The number of carboxylic acids is 1. The third-order valence-corrected chi connectivity index (χ3v) is 4.46. The third kappa shape index (κ3) is 9.64. The number of hydrogen-bond donors (Lipinski definition) is 4. The normalized spacial score (nSPS) is 11.3. The van der Waals surface area contributed by atoms with Crippen LogP contribution in [0, 0.1) is 0 Å². The topological polar surface area (TPSA) is 151 Å². The van der Waals surface area contributed by atoms with Crippen LogP contribution in [0.4, 0.5) is 37.7 Å². The zero-order valence-corrected chi connectivity index (χ0v) is 20.3. The number of carboxylic acid groups (broad SMARTS) is 1. The van der Waals surface area contributed by atoms with Crippen molar-refractivity contribution < 1.29 is 60.2 Å². The Balaban J connectivity index is 0.000000416. The molecule has 16 heteroatoms. The Morgan fingerprint density at radius 1 is 0.718 bits per heavy atom. The molecular formula is C23H21F6N3O7. The summed E-state index contributed by atoms with van der Waals surface area (Å²) in [7, 11) is 1.13. The van der Waals surface area contributed by atoms with Gasteiger partial charge in [-0.3, -0.25) is 14.4 Å². The van der Waals surface area contributed by atoms with E-state index < -0.39 is 58.8 Å². The van der Waals surface area contributed by atoms with Crippen LogP contribution in [0.25, 0.3) is 0 Å². The van der Waals surface area contributed by atoms with E-state index in [1.54, 1.807) is 5.32 Å². The van der Waals surface area contributed by atoms with Crippen LogP contribution in [0.15, 0.2) is 48.5 Å². The van der Waals surface area contributed by atoms with Crippen molar-refractivity contribution in [3.05, 3.63) is 59.7 Å². The molecule has 0 fully saturated rings. The molecule has 0 aliphatic heterocycles. The molecule has 0 bridgehead atoms. The second kappa shape index (κ2) is 12.7. The molecule has 0 saturated heterocycles. The summed E-state index contributed by atoms with van der Waals surface area (Å²) in [6.07, 6.45) is -10.1. The molecule has 0 aliphatic rings. The van der Waals surface area contributed by atoms with Gasteiger partial charge in [0, 0.05) is 0 Å². The number of ether oxygens (including phenoxy) is 1. The average Bonchev–Trinajstić information content (AvgIpc) is 2.82. The molecule has 10 nitrogen and oxygen atoms in total. The quantitative estimate of drug-likeness (QED) is 0.308. The minimum Gasteiger partial charge on any atom is -0.478 e. The van der Waals surface area contributed by atoms with Crippen molar-refractivity contribution in [3.8, 4) is 0 Å². The molecular weight excluding hydrogens is 544 g/mol. The zero-order chi connectivity index (χ0) is 30.2. The number of carbonyl (C=O) groups is 5. The smallest absolute Gasteiger partial charge is 0.471 e. The van der Waals surface area contributed by atoms with E-state index in [-0.39, 0.29) is 11.3 Å². The summed E-state index contributed by atoms with van der Waals surface area (Å²) in [6.45, 7) is 2.74. The van der Waals surface area contributed by atoms with Crippen LogP contribution in [-0.2, 0) is 19.1 Å². The summed E-state index contributed by atoms with van der Waals surface area (Å²) in [5.41, 5.74) is -2.74. The number of para-hydroxylation sites is 2. The second-order valence-corrected chi connectivity index (χ2v) is 7.87. The number of benzene rings is 2. The van der Waals surface area contributed by atoms with E-state index in [0.717, 1.165) is 25.3 Å². The Hall–Kier alpha value is -4.63. The Labute approximate surface area is 216 Å². The van der Waals surface area contributed by atoms with Gasteiger partial charge in [0.15, 0.2) is 0 Å². The number of anilines is 2. The van der Waals surface area contributed by atoms with E-state index >= 15 is 0 Å². The highest BCUT2D eigenvalue weighted by Gasteiger charge is 2.40. The van der Waals surface area contributed by atoms with E-state index in [9.17, 15) is 50.3 Å². The van der Waals surface area contributed by atoms with Gasteiger partial charge in [-0.1, -0.05) is 24.3 Å². The molecule has 0 spiro atoms. The number of halogens is 6. The molecule has 3 amide bonds. The van der Waals surface area contributed by atoms with E-state index in [2.05, 4.69) is 10.1 Å². The van der Waals surface area contributed by atoms with Gasteiger partial charge in [-0.25, -0.2) is 9.59 Å². The van der Waals surface area contributed by atoms with Gasteiger partial charge in [0.2, 0.25) is 0 Å². The molecule has 0 unspecified atom stereocenters. The van der Waals surface area contributed by atoms with Gasteiger partial charge in [-0.15, -0.1) is 0 Å². The highest BCUT2D eigenvalue weighted by Crippen LogP contribution is 2.22. The maximum absolute atomic E-state index is 12.3. The zero-order valence-electron chi connectivity index (χ0n) is 20.3. The number of carbonyl (C=O) groups excluding carboxylic acids is 4. The van der Waals surface area contributed by atoms with Gasteiger partial charge >= 0.3 is 36.1 Å². The number of amides is 3. The number of aromatic carboxylic acids is 1. The summed E-state index contributed by atoms with van der Waals surface area (Å²) >= 11 is 0. The van der Waals surface area contributed by atoms with Crippen molar-refractivity contribution in [1.82, 2.24) is 5.32 Å². The first kappa shape index (κ1) is 32.4. The number of rotatable bonds is 6. The maximum atomic E-state index is 12.3. The minimum absolute atomic E-state index is 0.220. The van der Waals surface area contributed by atoms with Crippen LogP contribution in [-0.4, -0.2) is 59.8 Å². The van der Waals surface area contributed by atoms with E-state index in [0.29, 0.717) is 0 Å². The first-order valence-electron chi connectivity index (χ1n) is 10.4. The Morgan fingerprint density at radius 3 is 1.49 bits per heavy atom. The van der Waals surface area contributed by atoms with Crippen molar-refractivity contribution in [1.29, 1.82) is 0 Å². The molecule has 0 saturated carbocycles. The lowest BCUT2D eigenvalue weighted by atomic mass is 10.0. The average molecular weight is 565 g/mol. The fourth-order valence-electron chi connectivity index (χ4n) is 2.61. The van der Waals surface area contributed by atoms with Gasteiger partial charge in [0.1, 0.15) is 5.54 Å². The van der Waals surface area contributed by atoms with Crippen molar-refractivity contribution in [3.63, 3.8) is 0 Å². The number of nitrogens with one attached hydrogen (secondary N) is 3. The SMILES string of the molecule is COC(=O)C(C)(C)NC(=O)c1ccccc1NC(=O)C(F)(F)F.O=C(O)c1ccccc1NC(=O)C(F)(F)F. The molecule has 0 aliphatic carbocycles. The Kier molecular flexibility index (Phi) is 10.6. The number of hydrogen-bond acceptors (Lipinski definition) is 6.